The first kappa shape index (κ1) is 23.6. The van der Waals surface area contributed by atoms with E-state index in [2.05, 4.69) is 47.7 Å². The molecule has 0 saturated carbocycles. The highest BCUT2D eigenvalue weighted by atomic mass is 16.5. The molecule has 2 aromatic carbocycles. The van der Waals surface area contributed by atoms with Gasteiger partial charge in [-0.3, -0.25) is 4.79 Å². The smallest absolute Gasteiger partial charge is 0.307 e. The molecule has 0 saturated heterocycles. The van der Waals surface area contributed by atoms with Crippen molar-refractivity contribution in [1.82, 2.24) is 9.99 Å². The first-order valence-electron chi connectivity index (χ1n) is 11.2. The molecule has 1 N–H and O–H groups in total. The second-order valence-corrected chi connectivity index (χ2v) is 7.87. The van der Waals surface area contributed by atoms with Crippen LogP contribution < -0.4 is 14.9 Å². The molecule has 0 aliphatic carbocycles. The molecule has 7 nitrogen and oxygen atoms in total. The van der Waals surface area contributed by atoms with Gasteiger partial charge < -0.3 is 18.5 Å². The zero-order valence-electron chi connectivity index (χ0n) is 19.7. The van der Waals surface area contributed by atoms with Gasteiger partial charge in [-0.05, 0) is 92.2 Å². The Labute approximate surface area is 204 Å². The third-order valence-electron chi connectivity index (χ3n) is 5.26. The van der Waals surface area contributed by atoms with Gasteiger partial charge in [0.1, 0.15) is 30.5 Å². The summed E-state index contributed by atoms with van der Waals surface area (Å²) in [7, 11) is 0. The number of ether oxygens (including phenoxy) is 2. The van der Waals surface area contributed by atoms with E-state index in [-0.39, 0.29) is 12.4 Å². The van der Waals surface area contributed by atoms with E-state index in [1.54, 1.807) is 24.4 Å². The first-order valence-corrected chi connectivity index (χ1v) is 11.2. The van der Waals surface area contributed by atoms with Crippen LogP contribution in [0.3, 0.4) is 0 Å². The third kappa shape index (κ3) is 6.09. The normalized spacial score (nSPS) is 10.9. The molecule has 178 valence electrons. The van der Waals surface area contributed by atoms with Crippen LogP contribution >= 0.6 is 0 Å². The fraction of sp³-hybridized carbons (Fsp3) is 0.143. The second-order valence-electron chi connectivity index (χ2n) is 7.87. The van der Waals surface area contributed by atoms with Gasteiger partial charge in [-0.1, -0.05) is 12.7 Å². The number of carbonyl (C=O) groups excluding carboxylic acids is 1. The van der Waals surface area contributed by atoms with Crippen molar-refractivity contribution in [3.63, 3.8) is 0 Å². The molecule has 2 heterocycles. The van der Waals surface area contributed by atoms with Gasteiger partial charge in [-0.25, -0.2) is 5.43 Å². The Kier molecular flexibility index (Phi) is 7.47. The van der Waals surface area contributed by atoms with Crippen LogP contribution in [0.25, 0.3) is 5.69 Å². The van der Waals surface area contributed by atoms with Gasteiger partial charge in [0.25, 0.3) is 0 Å². The SMILES string of the molecule is C=CCOc1ccc(/C=N/NC(=O)c2ccc(COc3ccc(-n4c(C)ccc4C)cc3)o2)cc1. The van der Waals surface area contributed by atoms with E-state index in [0.717, 1.165) is 17.0 Å². The molecule has 0 bridgehead atoms. The molecule has 0 atom stereocenters. The maximum atomic E-state index is 12.3. The molecule has 1 amide bonds. The quantitative estimate of drug-likeness (QED) is 0.186. The maximum absolute atomic E-state index is 12.3. The topological polar surface area (TPSA) is 78.0 Å². The zero-order chi connectivity index (χ0) is 24.6. The number of aromatic nitrogens is 1. The lowest BCUT2D eigenvalue weighted by Gasteiger charge is -2.10. The molecule has 4 aromatic rings. The van der Waals surface area contributed by atoms with Crippen LogP contribution in [-0.2, 0) is 6.61 Å². The largest absolute Gasteiger partial charge is 0.490 e. The molecule has 35 heavy (non-hydrogen) atoms. The number of rotatable bonds is 10. The van der Waals surface area contributed by atoms with Gasteiger partial charge in [-0.15, -0.1) is 0 Å². The molecule has 0 unspecified atom stereocenters. The summed E-state index contributed by atoms with van der Waals surface area (Å²) in [5.74, 6) is 1.70. The Morgan fingerprint density at radius 1 is 0.943 bits per heavy atom. The molecular weight excluding hydrogens is 442 g/mol. The minimum Gasteiger partial charge on any atom is -0.490 e. The lowest BCUT2D eigenvalue weighted by molar-refractivity contribution is 0.0923. The van der Waals surface area contributed by atoms with Crippen molar-refractivity contribution in [1.29, 1.82) is 0 Å². The van der Waals surface area contributed by atoms with Crippen molar-refractivity contribution < 1.29 is 18.7 Å². The Hall–Kier alpha value is -4.52. The highest BCUT2D eigenvalue weighted by Gasteiger charge is 2.11. The van der Waals surface area contributed by atoms with Crippen LogP contribution in [0.1, 0.15) is 33.3 Å². The van der Waals surface area contributed by atoms with Crippen molar-refractivity contribution >= 4 is 12.1 Å². The van der Waals surface area contributed by atoms with Gasteiger partial charge >= 0.3 is 5.91 Å². The molecular formula is C28H27N3O4. The highest BCUT2D eigenvalue weighted by Crippen LogP contribution is 2.21. The number of aryl methyl sites for hydroxylation is 2. The van der Waals surface area contributed by atoms with Crippen molar-refractivity contribution in [3.05, 3.63) is 114 Å². The molecule has 0 fully saturated rings. The van der Waals surface area contributed by atoms with Gasteiger partial charge in [0.2, 0.25) is 0 Å². The predicted octanol–water partition coefficient (Wildman–Crippen LogP) is 5.59. The average molecular weight is 470 g/mol. The summed E-state index contributed by atoms with van der Waals surface area (Å²) in [5.41, 5.74) is 6.70. The number of hydrogen-bond acceptors (Lipinski definition) is 5. The summed E-state index contributed by atoms with van der Waals surface area (Å²) in [6.45, 7) is 8.42. The number of nitrogens with one attached hydrogen (secondary N) is 1. The van der Waals surface area contributed by atoms with Crippen molar-refractivity contribution in [3.8, 4) is 17.2 Å². The number of carbonyl (C=O) groups is 1. The number of hydrazone groups is 1. The number of benzene rings is 2. The number of hydrogen-bond donors (Lipinski definition) is 1. The molecule has 0 aliphatic rings. The van der Waals surface area contributed by atoms with E-state index in [1.165, 1.54) is 11.4 Å². The maximum Gasteiger partial charge on any atom is 0.307 e. The van der Waals surface area contributed by atoms with Gasteiger partial charge in [-0.2, -0.15) is 5.10 Å². The monoisotopic (exact) mass is 469 g/mol. The van der Waals surface area contributed by atoms with Crippen LogP contribution in [-0.4, -0.2) is 23.3 Å². The predicted molar refractivity (Wildman–Crippen MR) is 135 cm³/mol. The van der Waals surface area contributed by atoms with Crippen molar-refractivity contribution in [2.45, 2.75) is 20.5 Å². The van der Waals surface area contributed by atoms with E-state index >= 15 is 0 Å². The summed E-state index contributed by atoms with van der Waals surface area (Å²) >= 11 is 0. The highest BCUT2D eigenvalue weighted by molar-refractivity contribution is 5.92. The van der Waals surface area contributed by atoms with Crippen LogP contribution in [0.5, 0.6) is 11.5 Å². The number of furan rings is 1. The summed E-state index contributed by atoms with van der Waals surface area (Å²) in [4.78, 5) is 12.3. The van der Waals surface area contributed by atoms with Gasteiger partial charge in [0, 0.05) is 17.1 Å². The lowest BCUT2D eigenvalue weighted by atomic mass is 10.2. The fourth-order valence-electron chi connectivity index (χ4n) is 3.52. The molecule has 0 aliphatic heterocycles. The lowest BCUT2D eigenvalue weighted by Crippen LogP contribution is -2.16. The minimum atomic E-state index is -0.444. The van der Waals surface area contributed by atoms with Crippen LogP contribution in [0.4, 0.5) is 0 Å². The molecule has 0 spiro atoms. The van der Waals surface area contributed by atoms with E-state index in [9.17, 15) is 4.79 Å². The Morgan fingerprint density at radius 2 is 1.60 bits per heavy atom. The zero-order valence-corrected chi connectivity index (χ0v) is 19.7. The molecule has 2 aromatic heterocycles. The standard InChI is InChI=1S/C28H27N3O4/c1-4-17-33-24-11-7-22(8-12-24)18-29-30-28(32)27-16-15-26(35-27)19-34-25-13-9-23(10-14-25)31-20(2)5-6-21(31)3/h4-16,18H,1,17,19H2,2-3H3,(H,30,32)/b29-18+. The number of amides is 1. The third-order valence-corrected chi connectivity index (χ3v) is 5.26. The fourth-order valence-corrected chi connectivity index (χ4v) is 3.52. The summed E-state index contributed by atoms with van der Waals surface area (Å²) < 4.78 is 19.0. The van der Waals surface area contributed by atoms with E-state index in [0.29, 0.717) is 18.1 Å². The first-order chi connectivity index (χ1) is 17.0. The Bertz CT molecular complexity index is 1300. The van der Waals surface area contributed by atoms with Gasteiger partial charge in [0.15, 0.2) is 5.76 Å². The van der Waals surface area contributed by atoms with E-state index in [4.69, 9.17) is 13.9 Å². The Morgan fingerprint density at radius 3 is 2.29 bits per heavy atom. The average Bonchev–Trinajstić information content (AvgIpc) is 3.49. The van der Waals surface area contributed by atoms with E-state index < -0.39 is 5.91 Å². The summed E-state index contributed by atoms with van der Waals surface area (Å²) in [5, 5.41) is 3.98. The summed E-state index contributed by atoms with van der Waals surface area (Å²) in [6.07, 6.45) is 3.23. The number of nitrogens with zero attached hydrogens (tertiary/aromatic N) is 2. The summed E-state index contributed by atoms with van der Waals surface area (Å²) in [6, 6.07) is 22.7. The van der Waals surface area contributed by atoms with Crippen molar-refractivity contribution in [2.24, 2.45) is 5.10 Å². The van der Waals surface area contributed by atoms with E-state index in [1.807, 2.05) is 48.5 Å². The van der Waals surface area contributed by atoms with Gasteiger partial charge in [0.05, 0.1) is 6.21 Å². The minimum absolute atomic E-state index is 0.155. The molecule has 0 radical (unpaired) electrons. The molecule has 7 heteroatoms. The van der Waals surface area contributed by atoms with Crippen LogP contribution in [0.15, 0.2) is 95.0 Å². The van der Waals surface area contributed by atoms with Crippen molar-refractivity contribution in [2.75, 3.05) is 6.61 Å². The van der Waals surface area contributed by atoms with Crippen LogP contribution in [0.2, 0.25) is 0 Å². The molecule has 4 rings (SSSR count). The Balaban J connectivity index is 1.27. The van der Waals surface area contributed by atoms with Crippen LogP contribution in [0, 0.1) is 13.8 Å². The second kappa shape index (κ2) is 11.1.